The fourth-order valence-electron chi connectivity index (χ4n) is 1.55. The second kappa shape index (κ2) is 3.88. The molecule has 0 bridgehead atoms. The Kier molecular flexibility index (Phi) is 2.41. The number of aromatic nitrogens is 2. The Morgan fingerprint density at radius 1 is 1.12 bits per heavy atom. The number of benzene rings is 1. The van der Waals surface area contributed by atoms with Crippen LogP contribution in [0.3, 0.4) is 0 Å². The van der Waals surface area contributed by atoms with Crippen LogP contribution in [0.5, 0.6) is 0 Å². The van der Waals surface area contributed by atoms with Crippen molar-refractivity contribution in [2.24, 2.45) is 7.05 Å². The zero-order valence-electron chi connectivity index (χ0n) is 8.68. The van der Waals surface area contributed by atoms with E-state index in [-0.39, 0.29) is 0 Å². The molecule has 0 saturated heterocycles. The van der Waals surface area contributed by atoms with E-state index in [9.17, 15) is 0 Å². The van der Waals surface area contributed by atoms with Crippen molar-refractivity contribution in [1.29, 1.82) is 10.5 Å². The van der Waals surface area contributed by atoms with Crippen molar-refractivity contribution in [3.63, 3.8) is 0 Å². The molecule has 0 fully saturated rings. The largest absolute Gasteiger partial charge is 0.268 e. The first kappa shape index (κ1) is 9.95. The molecule has 0 aliphatic rings. The fraction of sp³-hybridized carbons (Fsp3) is 0.0833. The molecule has 1 aromatic carbocycles. The average molecular weight is 208 g/mol. The van der Waals surface area contributed by atoms with Crippen LogP contribution in [0.15, 0.2) is 30.5 Å². The molecule has 0 N–H and O–H groups in total. The molecule has 0 aliphatic heterocycles. The summed E-state index contributed by atoms with van der Waals surface area (Å²) in [5.74, 6) is 0. The highest BCUT2D eigenvalue weighted by atomic mass is 15.2. The zero-order chi connectivity index (χ0) is 11.5. The van der Waals surface area contributed by atoms with E-state index in [0.717, 1.165) is 11.3 Å². The quantitative estimate of drug-likeness (QED) is 0.718. The normalized spacial score (nSPS) is 9.44. The standard InChI is InChI=1S/C12H8N4/c1-16-12(4-5-15-16)9-2-3-10(7-13)11(6-9)8-14/h2-6H,1H3. The van der Waals surface area contributed by atoms with Gasteiger partial charge in [-0.05, 0) is 18.2 Å². The van der Waals surface area contributed by atoms with Gasteiger partial charge in [-0.1, -0.05) is 6.07 Å². The summed E-state index contributed by atoms with van der Waals surface area (Å²) in [7, 11) is 1.83. The highest BCUT2D eigenvalue weighted by molar-refractivity contribution is 5.64. The maximum Gasteiger partial charge on any atom is 0.101 e. The van der Waals surface area contributed by atoms with Crippen molar-refractivity contribution in [3.05, 3.63) is 41.6 Å². The summed E-state index contributed by atoms with van der Waals surface area (Å²) in [6, 6.07) is 11.0. The van der Waals surface area contributed by atoms with Crippen LogP contribution >= 0.6 is 0 Å². The second-order valence-corrected chi connectivity index (χ2v) is 3.32. The monoisotopic (exact) mass is 208 g/mol. The SMILES string of the molecule is Cn1nccc1-c1ccc(C#N)c(C#N)c1. The number of hydrogen-bond acceptors (Lipinski definition) is 3. The lowest BCUT2D eigenvalue weighted by Gasteiger charge is -2.03. The molecule has 0 saturated carbocycles. The fourth-order valence-corrected chi connectivity index (χ4v) is 1.55. The van der Waals surface area contributed by atoms with E-state index < -0.39 is 0 Å². The highest BCUT2D eigenvalue weighted by Gasteiger charge is 2.06. The lowest BCUT2D eigenvalue weighted by Crippen LogP contribution is -1.94. The molecule has 0 radical (unpaired) electrons. The third-order valence-electron chi connectivity index (χ3n) is 2.38. The summed E-state index contributed by atoms with van der Waals surface area (Å²) >= 11 is 0. The van der Waals surface area contributed by atoms with Crippen LogP contribution in [0.2, 0.25) is 0 Å². The van der Waals surface area contributed by atoms with E-state index >= 15 is 0 Å². The Labute approximate surface area is 93.0 Å². The molecule has 76 valence electrons. The van der Waals surface area contributed by atoms with Gasteiger partial charge in [-0.15, -0.1) is 0 Å². The summed E-state index contributed by atoms with van der Waals surface area (Å²) in [4.78, 5) is 0. The molecule has 0 atom stereocenters. The molecule has 1 heterocycles. The van der Waals surface area contributed by atoms with Crippen LogP contribution in [-0.4, -0.2) is 9.78 Å². The van der Waals surface area contributed by atoms with Crippen molar-refractivity contribution in [2.45, 2.75) is 0 Å². The van der Waals surface area contributed by atoms with Crippen LogP contribution in [0.25, 0.3) is 11.3 Å². The van der Waals surface area contributed by atoms with Crippen molar-refractivity contribution >= 4 is 0 Å². The lowest BCUT2D eigenvalue weighted by molar-refractivity contribution is 0.776. The number of aryl methyl sites for hydroxylation is 1. The van der Waals surface area contributed by atoms with E-state index in [2.05, 4.69) is 5.10 Å². The molecule has 4 nitrogen and oxygen atoms in total. The highest BCUT2D eigenvalue weighted by Crippen LogP contribution is 2.21. The van der Waals surface area contributed by atoms with Crippen molar-refractivity contribution in [1.82, 2.24) is 9.78 Å². The first-order chi connectivity index (χ1) is 7.76. The molecule has 0 unspecified atom stereocenters. The number of nitriles is 2. The molecule has 2 aromatic rings. The Bertz CT molecular complexity index is 611. The third kappa shape index (κ3) is 1.53. The van der Waals surface area contributed by atoms with Gasteiger partial charge in [-0.2, -0.15) is 15.6 Å². The Hall–Kier alpha value is -2.59. The Morgan fingerprint density at radius 3 is 2.44 bits per heavy atom. The summed E-state index contributed by atoms with van der Waals surface area (Å²) in [6.45, 7) is 0. The molecule has 2 rings (SSSR count). The van der Waals surface area contributed by atoms with Gasteiger partial charge in [0.05, 0.1) is 16.8 Å². The van der Waals surface area contributed by atoms with Gasteiger partial charge < -0.3 is 0 Å². The van der Waals surface area contributed by atoms with Crippen LogP contribution in [0, 0.1) is 22.7 Å². The van der Waals surface area contributed by atoms with Gasteiger partial charge >= 0.3 is 0 Å². The molecule has 0 aliphatic carbocycles. The molecule has 4 heteroatoms. The van der Waals surface area contributed by atoms with Crippen LogP contribution in [-0.2, 0) is 7.05 Å². The van der Waals surface area contributed by atoms with Gasteiger partial charge in [0.15, 0.2) is 0 Å². The first-order valence-electron chi connectivity index (χ1n) is 4.69. The van der Waals surface area contributed by atoms with E-state index in [1.54, 1.807) is 23.0 Å². The van der Waals surface area contributed by atoms with Crippen LogP contribution in [0.1, 0.15) is 11.1 Å². The van der Waals surface area contributed by atoms with Crippen LogP contribution in [0.4, 0.5) is 0 Å². The van der Waals surface area contributed by atoms with Crippen molar-refractivity contribution in [3.8, 4) is 23.4 Å². The third-order valence-corrected chi connectivity index (χ3v) is 2.38. The predicted octanol–water partition coefficient (Wildman–Crippen LogP) is 1.83. The van der Waals surface area contributed by atoms with E-state index in [1.807, 2.05) is 31.3 Å². The molecular weight excluding hydrogens is 200 g/mol. The van der Waals surface area contributed by atoms with E-state index in [4.69, 9.17) is 10.5 Å². The minimum Gasteiger partial charge on any atom is -0.268 e. The zero-order valence-corrected chi connectivity index (χ0v) is 8.68. The average Bonchev–Trinajstić information content (AvgIpc) is 2.74. The topological polar surface area (TPSA) is 65.4 Å². The number of hydrogen-bond donors (Lipinski definition) is 0. The van der Waals surface area contributed by atoms with Crippen molar-refractivity contribution in [2.75, 3.05) is 0 Å². The molecule has 0 spiro atoms. The van der Waals surface area contributed by atoms with Crippen LogP contribution < -0.4 is 0 Å². The molecular formula is C12H8N4. The first-order valence-corrected chi connectivity index (χ1v) is 4.69. The number of rotatable bonds is 1. The van der Waals surface area contributed by atoms with E-state index in [0.29, 0.717) is 11.1 Å². The second-order valence-electron chi connectivity index (χ2n) is 3.32. The summed E-state index contributed by atoms with van der Waals surface area (Å²) < 4.78 is 1.72. The maximum atomic E-state index is 8.92. The van der Waals surface area contributed by atoms with Gasteiger partial charge in [0.2, 0.25) is 0 Å². The summed E-state index contributed by atoms with van der Waals surface area (Å²) in [6.07, 6.45) is 1.69. The Balaban J connectivity index is 2.59. The predicted molar refractivity (Wildman–Crippen MR) is 58.1 cm³/mol. The minimum absolute atomic E-state index is 0.390. The lowest BCUT2D eigenvalue weighted by atomic mass is 10.0. The van der Waals surface area contributed by atoms with Gasteiger partial charge in [-0.25, -0.2) is 0 Å². The van der Waals surface area contributed by atoms with Gasteiger partial charge in [0.25, 0.3) is 0 Å². The Morgan fingerprint density at radius 2 is 1.88 bits per heavy atom. The summed E-state index contributed by atoms with van der Waals surface area (Å²) in [5.41, 5.74) is 2.59. The van der Waals surface area contributed by atoms with Gasteiger partial charge in [-0.3, -0.25) is 4.68 Å². The molecule has 16 heavy (non-hydrogen) atoms. The maximum absolute atomic E-state index is 8.92. The summed E-state index contributed by atoms with van der Waals surface area (Å²) in [5, 5.41) is 21.8. The van der Waals surface area contributed by atoms with Gasteiger partial charge in [0.1, 0.15) is 12.1 Å². The smallest absolute Gasteiger partial charge is 0.101 e. The van der Waals surface area contributed by atoms with E-state index in [1.165, 1.54) is 0 Å². The number of nitrogens with zero attached hydrogens (tertiary/aromatic N) is 4. The minimum atomic E-state index is 0.390. The van der Waals surface area contributed by atoms with Gasteiger partial charge in [0, 0.05) is 18.8 Å². The molecule has 0 amide bonds. The van der Waals surface area contributed by atoms with Crippen molar-refractivity contribution < 1.29 is 0 Å². The molecule has 1 aromatic heterocycles.